The quantitative estimate of drug-likeness (QED) is 0.790. The molecule has 1 amide bonds. The number of aromatic amines is 1. The monoisotopic (exact) mass is 312 g/mol. The van der Waals surface area contributed by atoms with E-state index in [1.54, 1.807) is 17.2 Å². The van der Waals surface area contributed by atoms with Crippen molar-refractivity contribution in [2.24, 2.45) is 7.05 Å². The predicted octanol–water partition coefficient (Wildman–Crippen LogP) is 2.55. The highest BCUT2D eigenvalue weighted by atomic mass is 19.1. The Hall–Kier alpha value is -2.63. The van der Waals surface area contributed by atoms with Crippen LogP contribution in [0.2, 0.25) is 0 Å². The first-order valence-corrected chi connectivity index (χ1v) is 7.62. The number of hydrogen-bond acceptors (Lipinski definition) is 2. The van der Waals surface area contributed by atoms with Gasteiger partial charge in [-0.05, 0) is 13.0 Å². The zero-order chi connectivity index (χ0) is 16.1. The van der Waals surface area contributed by atoms with Crippen molar-refractivity contribution in [2.75, 3.05) is 6.54 Å². The average molecular weight is 312 g/mol. The molecular weight excluding hydrogens is 295 g/mol. The van der Waals surface area contributed by atoms with Gasteiger partial charge in [-0.2, -0.15) is 0 Å². The van der Waals surface area contributed by atoms with E-state index in [-0.39, 0.29) is 11.7 Å². The van der Waals surface area contributed by atoms with E-state index < -0.39 is 0 Å². The fraction of sp³-hybridized carbons (Fsp3) is 0.294. The van der Waals surface area contributed by atoms with Gasteiger partial charge in [0.1, 0.15) is 11.6 Å². The number of carbonyl (C=O) groups is 1. The summed E-state index contributed by atoms with van der Waals surface area (Å²) < 4.78 is 16.0. The van der Waals surface area contributed by atoms with Gasteiger partial charge in [-0.3, -0.25) is 4.79 Å². The zero-order valence-corrected chi connectivity index (χ0v) is 13.1. The van der Waals surface area contributed by atoms with Crippen molar-refractivity contribution < 1.29 is 9.18 Å². The SMILES string of the molecule is Cc1cnc(CN2CCc3c(c4cccc(F)c4n3C)C2=O)[nH]1. The van der Waals surface area contributed by atoms with Crippen LogP contribution in [0.25, 0.3) is 10.9 Å². The summed E-state index contributed by atoms with van der Waals surface area (Å²) in [6, 6.07) is 4.90. The molecule has 5 nitrogen and oxygen atoms in total. The topological polar surface area (TPSA) is 53.9 Å². The van der Waals surface area contributed by atoms with Crippen LogP contribution in [0.15, 0.2) is 24.4 Å². The van der Waals surface area contributed by atoms with Crippen LogP contribution in [0, 0.1) is 12.7 Å². The van der Waals surface area contributed by atoms with Gasteiger partial charge in [0, 0.05) is 43.0 Å². The molecule has 2 aromatic heterocycles. The Kier molecular flexibility index (Phi) is 3.01. The number of hydrogen-bond donors (Lipinski definition) is 1. The molecule has 6 heteroatoms. The van der Waals surface area contributed by atoms with Crippen LogP contribution >= 0.6 is 0 Å². The van der Waals surface area contributed by atoms with Gasteiger partial charge >= 0.3 is 0 Å². The molecule has 0 radical (unpaired) electrons. The number of para-hydroxylation sites is 1. The van der Waals surface area contributed by atoms with E-state index >= 15 is 0 Å². The van der Waals surface area contributed by atoms with Gasteiger partial charge in [0.05, 0.1) is 17.6 Å². The normalized spacial score (nSPS) is 14.6. The largest absolute Gasteiger partial charge is 0.345 e. The van der Waals surface area contributed by atoms with E-state index in [1.807, 2.05) is 24.6 Å². The summed E-state index contributed by atoms with van der Waals surface area (Å²) in [7, 11) is 1.82. The van der Waals surface area contributed by atoms with Gasteiger partial charge < -0.3 is 14.5 Å². The number of nitrogens with zero attached hydrogens (tertiary/aromatic N) is 3. The Balaban J connectivity index is 1.78. The van der Waals surface area contributed by atoms with Gasteiger partial charge in [-0.15, -0.1) is 0 Å². The van der Waals surface area contributed by atoms with Gasteiger partial charge in [0.15, 0.2) is 0 Å². The van der Waals surface area contributed by atoms with Crippen molar-refractivity contribution in [3.63, 3.8) is 0 Å². The molecule has 0 spiro atoms. The molecule has 1 aliphatic rings. The van der Waals surface area contributed by atoms with Crippen LogP contribution < -0.4 is 0 Å². The maximum Gasteiger partial charge on any atom is 0.256 e. The Bertz CT molecular complexity index is 924. The van der Waals surface area contributed by atoms with Crippen molar-refractivity contribution >= 4 is 16.8 Å². The second-order valence-corrected chi connectivity index (χ2v) is 6.01. The standard InChI is InChI=1S/C17H17FN4O/c1-10-8-19-14(20-10)9-22-7-6-13-15(17(22)23)11-4-3-5-12(18)16(11)21(13)2/h3-5,8H,6-7,9H2,1-2H3,(H,19,20). The summed E-state index contributed by atoms with van der Waals surface area (Å²) in [5, 5.41) is 0.688. The van der Waals surface area contributed by atoms with Gasteiger partial charge in [0.2, 0.25) is 0 Å². The molecule has 1 aliphatic heterocycles. The molecule has 23 heavy (non-hydrogen) atoms. The van der Waals surface area contributed by atoms with Gasteiger partial charge in [-0.25, -0.2) is 9.37 Å². The second kappa shape index (κ2) is 4.94. The fourth-order valence-corrected chi connectivity index (χ4v) is 3.43. The summed E-state index contributed by atoms with van der Waals surface area (Å²) in [6.45, 7) is 2.98. The van der Waals surface area contributed by atoms with E-state index in [1.165, 1.54) is 6.07 Å². The second-order valence-electron chi connectivity index (χ2n) is 6.01. The fourth-order valence-electron chi connectivity index (χ4n) is 3.43. The summed E-state index contributed by atoms with van der Waals surface area (Å²) in [5.41, 5.74) is 3.00. The Morgan fingerprint density at radius 2 is 2.22 bits per heavy atom. The van der Waals surface area contributed by atoms with E-state index in [9.17, 15) is 9.18 Å². The summed E-state index contributed by atoms with van der Waals surface area (Å²) >= 11 is 0. The molecule has 118 valence electrons. The molecule has 4 rings (SSSR count). The number of fused-ring (bicyclic) bond motifs is 3. The molecule has 0 aliphatic carbocycles. The molecule has 0 bridgehead atoms. The molecule has 0 atom stereocenters. The minimum absolute atomic E-state index is 0.0588. The van der Waals surface area contributed by atoms with Gasteiger partial charge in [0.25, 0.3) is 5.91 Å². The zero-order valence-electron chi connectivity index (χ0n) is 13.1. The molecular formula is C17H17FN4O. The van der Waals surface area contributed by atoms with Gasteiger partial charge in [-0.1, -0.05) is 12.1 Å². The van der Waals surface area contributed by atoms with E-state index in [0.717, 1.165) is 17.2 Å². The molecule has 1 N–H and O–H groups in total. The number of carbonyl (C=O) groups excluding carboxylic acids is 1. The summed E-state index contributed by atoms with van der Waals surface area (Å²) in [4.78, 5) is 22.1. The van der Waals surface area contributed by atoms with Crippen LogP contribution in [0.1, 0.15) is 27.6 Å². The molecule has 0 fully saturated rings. The number of aromatic nitrogens is 3. The van der Waals surface area contributed by atoms with Crippen LogP contribution in [-0.2, 0) is 20.0 Å². The van der Waals surface area contributed by atoms with Crippen LogP contribution in [0.3, 0.4) is 0 Å². The Labute approximate surface area is 132 Å². The van der Waals surface area contributed by atoms with Crippen molar-refractivity contribution in [2.45, 2.75) is 19.9 Å². The highest BCUT2D eigenvalue weighted by Crippen LogP contribution is 2.31. The Morgan fingerprint density at radius 3 is 2.96 bits per heavy atom. The first kappa shape index (κ1) is 14.0. The lowest BCUT2D eigenvalue weighted by atomic mass is 10.0. The van der Waals surface area contributed by atoms with E-state index in [0.29, 0.717) is 36.0 Å². The number of amides is 1. The first-order chi connectivity index (χ1) is 11.1. The summed E-state index contributed by atoms with van der Waals surface area (Å²) in [5.74, 6) is 0.419. The highest BCUT2D eigenvalue weighted by Gasteiger charge is 2.31. The average Bonchev–Trinajstić information content (AvgIpc) is 3.05. The molecule has 3 heterocycles. The number of rotatable bonds is 2. The maximum absolute atomic E-state index is 14.1. The van der Waals surface area contributed by atoms with Crippen molar-refractivity contribution in [1.82, 2.24) is 19.4 Å². The molecule has 0 unspecified atom stereocenters. The predicted molar refractivity (Wildman–Crippen MR) is 84.6 cm³/mol. The molecule has 3 aromatic rings. The third kappa shape index (κ3) is 2.05. The summed E-state index contributed by atoms with van der Waals surface area (Å²) in [6.07, 6.45) is 2.47. The van der Waals surface area contributed by atoms with Crippen molar-refractivity contribution in [3.8, 4) is 0 Å². The lowest BCUT2D eigenvalue weighted by Crippen LogP contribution is -2.37. The number of nitrogens with one attached hydrogen (secondary N) is 1. The smallest absolute Gasteiger partial charge is 0.256 e. The number of imidazole rings is 1. The highest BCUT2D eigenvalue weighted by molar-refractivity contribution is 6.09. The lowest BCUT2D eigenvalue weighted by molar-refractivity contribution is 0.0723. The number of halogens is 1. The van der Waals surface area contributed by atoms with E-state index in [4.69, 9.17) is 0 Å². The minimum Gasteiger partial charge on any atom is -0.345 e. The maximum atomic E-state index is 14.1. The van der Waals surface area contributed by atoms with Crippen molar-refractivity contribution in [3.05, 3.63) is 53.0 Å². The molecule has 0 saturated carbocycles. The van der Waals surface area contributed by atoms with E-state index in [2.05, 4.69) is 9.97 Å². The molecule has 1 aromatic carbocycles. The third-order valence-electron chi connectivity index (χ3n) is 4.50. The minimum atomic E-state index is -0.291. The van der Waals surface area contributed by atoms with Crippen LogP contribution in [-0.4, -0.2) is 31.9 Å². The number of aryl methyl sites for hydroxylation is 2. The van der Waals surface area contributed by atoms with Crippen LogP contribution in [0.4, 0.5) is 4.39 Å². The third-order valence-corrected chi connectivity index (χ3v) is 4.50. The molecule has 0 saturated heterocycles. The van der Waals surface area contributed by atoms with Crippen LogP contribution in [0.5, 0.6) is 0 Å². The lowest BCUT2D eigenvalue weighted by Gasteiger charge is -2.27. The Morgan fingerprint density at radius 1 is 1.39 bits per heavy atom. The van der Waals surface area contributed by atoms with Crippen molar-refractivity contribution in [1.29, 1.82) is 0 Å². The number of benzene rings is 1. The number of H-pyrrole nitrogens is 1. The first-order valence-electron chi connectivity index (χ1n) is 7.62.